The summed E-state index contributed by atoms with van der Waals surface area (Å²) in [7, 11) is 0. The summed E-state index contributed by atoms with van der Waals surface area (Å²) in [6, 6.07) is 10.0. The summed E-state index contributed by atoms with van der Waals surface area (Å²) in [5.74, 6) is -0.113. The minimum absolute atomic E-state index is 0.0555. The van der Waals surface area contributed by atoms with Gasteiger partial charge in [0.1, 0.15) is 0 Å². The van der Waals surface area contributed by atoms with Gasteiger partial charge in [0, 0.05) is 31.1 Å². The lowest BCUT2D eigenvalue weighted by molar-refractivity contribution is -0.130. The molecular weight excluding hydrogens is 310 g/mol. The number of hydrogen-bond acceptors (Lipinski definition) is 4. The van der Waals surface area contributed by atoms with Crippen molar-refractivity contribution in [3.8, 4) is 0 Å². The molecule has 126 valence electrons. The molecule has 0 spiro atoms. The lowest BCUT2D eigenvalue weighted by Crippen LogP contribution is -2.41. The average Bonchev–Trinajstić information content (AvgIpc) is 2.78. The van der Waals surface area contributed by atoms with E-state index in [1.54, 1.807) is 11.8 Å². The maximum Gasteiger partial charge on any atom is 0.236 e. The van der Waals surface area contributed by atoms with Crippen molar-refractivity contribution in [2.24, 2.45) is 5.73 Å². The van der Waals surface area contributed by atoms with Crippen LogP contribution in [-0.2, 0) is 9.59 Å². The highest BCUT2D eigenvalue weighted by Gasteiger charge is 2.26. The summed E-state index contributed by atoms with van der Waals surface area (Å²) in [4.78, 5) is 28.9. The van der Waals surface area contributed by atoms with Gasteiger partial charge in [-0.1, -0.05) is 25.1 Å². The maximum absolute atomic E-state index is 12.8. The van der Waals surface area contributed by atoms with Gasteiger partial charge in [-0.15, -0.1) is 11.8 Å². The van der Waals surface area contributed by atoms with E-state index in [9.17, 15) is 9.59 Å². The monoisotopic (exact) mass is 335 g/mol. The molecule has 1 heterocycles. The van der Waals surface area contributed by atoms with Gasteiger partial charge in [0.25, 0.3) is 0 Å². The lowest BCUT2D eigenvalue weighted by atomic mass is 10.2. The SMILES string of the molecule is CC[C@H](Sc1ccccc1)C(=O)N1CCCN(CC(N)=O)CC1. The molecule has 6 heteroatoms. The van der Waals surface area contributed by atoms with Gasteiger partial charge < -0.3 is 10.6 Å². The Morgan fingerprint density at radius 3 is 2.57 bits per heavy atom. The highest BCUT2D eigenvalue weighted by molar-refractivity contribution is 8.00. The minimum Gasteiger partial charge on any atom is -0.369 e. The summed E-state index contributed by atoms with van der Waals surface area (Å²) < 4.78 is 0. The van der Waals surface area contributed by atoms with Crippen LogP contribution in [0, 0.1) is 0 Å². The Kier molecular flexibility index (Phi) is 6.92. The van der Waals surface area contributed by atoms with Gasteiger partial charge in [-0.25, -0.2) is 0 Å². The van der Waals surface area contributed by atoms with Crippen molar-refractivity contribution in [3.63, 3.8) is 0 Å². The van der Waals surface area contributed by atoms with Crippen molar-refractivity contribution in [3.05, 3.63) is 30.3 Å². The van der Waals surface area contributed by atoms with Gasteiger partial charge in [0.15, 0.2) is 0 Å². The van der Waals surface area contributed by atoms with Crippen molar-refractivity contribution < 1.29 is 9.59 Å². The van der Waals surface area contributed by atoms with Crippen LogP contribution in [0.25, 0.3) is 0 Å². The minimum atomic E-state index is -0.309. The number of benzene rings is 1. The Hall–Kier alpha value is -1.53. The van der Waals surface area contributed by atoms with Gasteiger partial charge in [0.2, 0.25) is 11.8 Å². The number of amides is 2. The van der Waals surface area contributed by atoms with E-state index in [-0.39, 0.29) is 23.6 Å². The van der Waals surface area contributed by atoms with E-state index in [1.165, 1.54) is 0 Å². The van der Waals surface area contributed by atoms with E-state index < -0.39 is 0 Å². The predicted octanol–water partition coefficient (Wildman–Crippen LogP) is 1.58. The van der Waals surface area contributed by atoms with Crippen LogP contribution in [0.1, 0.15) is 19.8 Å². The van der Waals surface area contributed by atoms with E-state index in [1.807, 2.05) is 40.1 Å². The number of primary amides is 1. The average molecular weight is 335 g/mol. The van der Waals surface area contributed by atoms with Crippen molar-refractivity contribution in [2.45, 2.75) is 29.9 Å². The first kappa shape index (κ1) is 17.8. The molecule has 0 radical (unpaired) electrons. The van der Waals surface area contributed by atoms with E-state index in [0.717, 1.165) is 30.8 Å². The van der Waals surface area contributed by atoms with Crippen LogP contribution in [0.3, 0.4) is 0 Å². The predicted molar refractivity (Wildman–Crippen MR) is 93.2 cm³/mol. The van der Waals surface area contributed by atoms with Crippen LogP contribution < -0.4 is 5.73 Å². The number of hydrogen-bond donors (Lipinski definition) is 1. The Morgan fingerprint density at radius 2 is 1.91 bits per heavy atom. The van der Waals surface area contributed by atoms with Crippen molar-refractivity contribution in [2.75, 3.05) is 32.7 Å². The molecule has 1 fully saturated rings. The van der Waals surface area contributed by atoms with Crippen LogP contribution in [-0.4, -0.2) is 59.6 Å². The molecule has 0 aromatic heterocycles. The van der Waals surface area contributed by atoms with E-state index >= 15 is 0 Å². The molecule has 2 rings (SSSR count). The maximum atomic E-state index is 12.8. The molecule has 1 atom stereocenters. The first-order chi connectivity index (χ1) is 11.1. The topological polar surface area (TPSA) is 66.6 Å². The highest BCUT2D eigenvalue weighted by atomic mass is 32.2. The fourth-order valence-corrected chi connectivity index (χ4v) is 3.80. The molecule has 2 amide bonds. The number of carbonyl (C=O) groups is 2. The van der Waals surface area contributed by atoms with E-state index in [0.29, 0.717) is 13.1 Å². The Morgan fingerprint density at radius 1 is 1.17 bits per heavy atom. The number of thioether (sulfide) groups is 1. The molecule has 1 aromatic carbocycles. The molecule has 23 heavy (non-hydrogen) atoms. The highest BCUT2D eigenvalue weighted by Crippen LogP contribution is 2.26. The first-order valence-corrected chi connectivity index (χ1v) is 8.99. The van der Waals surface area contributed by atoms with Crippen molar-refractivity contribution in [1.82, 2.24) is 9.80 Å². The van der Waals surface area contributed by atoms with Crippen LogP contribution in [0.5, 0.6) is 0 Å². The van der Waals surface area contributed by atoms with Crippen molar-refractivity contribution in [1.29, 1.82) is 0 Å². The third kappa shape index (κ3) is 5.55. The summed E-state index contributed by atoms with van der Waals surface area (Å²) in [5, 5.41) is -0.0555. The van der Waals surface area contributed by atoms with Crippen molar-refractivity contribution >= 4 is 23.6 Å². The molecule has 1 saturated heterocycles. The lowest BCUT2D eigenvalue weighted by Gasteiger charge is -2.25. The van der Waals surface area contributed by atoms with Gasteiger partial charge in [0.05, 0.1) is 11.8 Å². The van der Waals surface area contributed by atoms with Crippen LogP contribution in [0.15, 0.2) is 35.2 Å². The van der Waals surface area contributed by atoms with Gasteiger partial charge in [-0.2, -0.15) is 0 Å². The Balaban J connectivity index is 1.93. The zero-order valence-corrected chi connectivity index (χ0v) is 14.4. The standard InChI is InChI=1S/C17H25N3O2S/c1-2-15(23-14-7-4-3-5-8-14)17(22)20-10-6-9-19(11-12-20)13-16(18)21/h3-5,7-8,15H,2,6,9-13H2,1H3,(H2,18,21)/t15-/m0/s1. The van der Waals surface area contributed by atoms with E-state index in [4.69, 9.17) is 5.73 Å². The summed E-state index contributed by atoms with van der Waals surface area (Å²) in [5.41, 5.74) is 5.26. The van der Waals surface area contributed by atoms with E-state index in [2.05, 4.69) is 6.92 Å². The zero-order chi connectivity index (χ0) is 16.7. The molecule has 0 bridgehead atoms. The van der Waals surface area contributed by atoms with Gasteiger partial charge in [-0.05, 0) is 25.0 Å². The van der Waals surface area contributed by atoms with Gasteiger partial charge >= 0.3 is 0 Å². The molecule has 5 nitrogen and oxygen atoms in total. The Labute approximate surface area is 142 Å². The normalized spacial score (nSPS) is 17.5. The quantitative estimate of drug-likeness (QED) is 0.802. The second kappa shape index (κ2) is 8.93. The first-order valence-electron chi connectivity index (χ1n) is 8.11. The molecule has 2 N–H and O–H groups in total. The fourth-order valence-electron chi connectivity index (χ4n) is 2.75. The molecule has 0 saturated carbocycles. The number of rotatable bonds is 6. The second-order valence-corrected chi connectivity index (χ2v) is 7.03. The number of carbonyl (C=O) groups excluding carboxylic acids is 2. The molecule has 1 aromatic rings. The number of nitrogens with two attached hydrogens (primary N) is 1. The molecule has 0 aliphatic carbocycles. The fraction of sp³-hybridized carbons (Fsp3) is 0.529. The summed E-state index contributed by atoms with van der Waals surface area (Å²) >= 11 is 1.63. The summed E-state index contributed by atoms with van der Waals surface area (Å²) in [6.45, 7) is 5.27. The smallest absolute Gasteiger partial charge is 0.236 e. The van der Waals surface area contributed by atoms with Gasteiger partial charge in [-0.3, -0.25) is 14.5 Å². The zero-order valence-electron chi connectivity index (χ0n) is 13.6. The molecule has 1 aliphatic rings. The molecular formula is C17H25N3O2S. The number of nitrogens with zero attached hydrogens (tertiary/aromatic N) is 2. The Bertz CT molecular complexity index is 524. The van der Waals surface area contributed by atoms with Crippen LogP contribution in [0.4, 0.5) is 0 Å². The molecule has 1 aliphatic heterocycles. The third-order valence-corrected chi connectivity index (χ3v) is 5.31. The van der Waals surface area contributed by atoms with Crippen LogP contribution in [0.2, 0.25) is 0 Å². The third-order valence-electron chi connectivity index (χ3n) is 3.95. The summed E-state index contributed by atoms with van der Waals surface area (Å²) in [6.07, 6.45) is 1.69. The largest absolute Gasteiger partial charge is 0.369 e. The molecule has 0 unspecified atom stereocenters. The second-order valence-electron chi connectivity index (χ2n) is 5.75. The van der Waals surface area contributed by atoms with Crippen LogP contribution >= 0.6 is 11.8 Å².